The number of allylic oxidation sites excluding steroid dienone is 3. The van der Waals surface area contributed by atoms with Gasteiger partial charge in [0.15, 0.2) is 0 Å². The van der Waals surface area contributed by atoms with Crippen molar-refractivity contribution in [3.63, 3.8) is 0 Å². The zero-order valence-electron chi connectivity index (χ0n) is 7.14. The van der Waals surface area contributed by atoms with Crippen LogP contribution in [0.15, 0.2) is 22.7 Å². The first-order valence-electron chi connectivity index (χ1n) is 3.72. The summed E-state index contributed by atoms with van der Waals surface area (Å²) in [7, 11) is 0. The van der Waals surface area contributed by atoms with Crippen molar-refractivity contribution in [1.82, 2.24) is 0 Å². The Bertz CT molecular complexity index is 159. The Kier molecular flexibility index (Phi) is 5.71. The summed E-state index contributed by atoms with van der Waals surface area (Å²) in [4.78, 5) is 0. The molecule has 0 aliphatic heterocycles. The van der Waals surface area contributed by atoms with Crippen LogP contribution >= 0.6 is 23.2 Å². The van der Waals surface area contributed by atoms with Crippen LogP contribution in [0.3, 0.4) is 0 Å². The highest BCUT2D eigenvalue weighted by atomic mass is 35.5. The minimum Gasteiger partial charge on any atom is -0.0917 e. The molecule has 0 saturated carbocycles. The maximum absolute atomic E-state index is 5.84. The van der Waals surface area contributed by atoms with Gasteiger partial charge in [0.05, 0.1) is 0 Å². The molecule has 2 atom stereocenters. The van der Waals surface area contributed by atoms with Gasteiger partial charge in [-0.2, -0.15) is 0 Å². The van der Waals surface area contributed by atoms with Crippen LogP contribution < -0.4 is 0 Å². The Balaban J connectivity index is 4.12. The second-order valence-corrected chi connectivity index (χ2v) is 3.32. The first-order valence-corrected chi connectivity index (χ1v) is 4.53. The zero-order valence-corrected chi connectivity index (χ0v) is 8.65. The van der Waals surface area contributed by atoms with Crippen LogP contribution in [0.5, 0.6) is 0 Å². The van der Waals surface area contributed by atoms with E-state index in [1.807, 2.05) is 13.0 Å². The van der Waals surface area contributed by atoms with Crippen molar-refractivity contribution in [2.75, 3.05) is 0 Å². The molecule has 0 aromatic heterocycles. The van der Waals surface area contributed by atoms with Crippen molar-refractivity contribution in [3.05, 3.63) is 22.7 Å². The lowest BCUT2D eigenvalue weighted by molar-refractivity contribution is 0.549. The topological polar surface area (TPSA) is 0 Å². The molecular formula is C9H14Cl2. The fraction of sp³-hybridized carbons (Fsp3) is 0.556. The number of hydrogen-bond acceptors (Lipinski definition) is 0. The molecular weight excluding hydrogens is 179 g/mol. The Labute approximate surface area is 78.9 Å². The van der Waals surface area contributed by atoms with Crippen LogP contribution in [0.25, 0.3) is 0 Å². The molecule has 11 heavy (non-hydrogen) atoms. The average Bonchev–Trinajstić information content (AvgIpc) is 2.02. The molecule has 0 aliphatic rings. The Morgan fingerprint density at radius 1 is 1.36 bits per heavy atom. The molecule has 2 heteroatoms. The van der Waals surface area contributed by atoms with Crippen molar-refractivity contribution in [1.29, 1.82) is 0 Å². The van der Waals surface area contributed by atoms with Crippen LogP contribution in [-0.2, 0) is 0 Å². The minimum absolute atomic E-state index is 0.311. The monoisotopic (exact) mass is 192 g/mol. The molecule has 0 aliphatic carbocycles. The molecule has 0 aromatic carbocycles. The van der Waals surface area contributed by atoms with Gasteiger partial charge in [-0.15, -0.1) is 0 Å². The quantitative estimate of drug-likeness (QED) is 0.590. The van der Waals surface area contributed by atoms with E-state index in [1.165, 1.54) is 5.54 Å². The Morgan fingerprint density at radius 3 is 2.27 bits per heavy atom. The molecule has 0 bridgehead atoms. The van der Waals surface area contributed by atoms with Crippen molar-refractivity contribution in [3.8, 4) is 0 Å². The number of halogens is 2. The van der Waals surface area contributed by atoms with E-state index >= 15 is 0 Å². The molecule has 0 saturated heterocycles. The molecule has 0 rings (SSSR count). The summed E-state index contributed by atoms with van der Waals surface area (Å²) in [6.45, 7) is 6.18. The van der Waals surface area contributed by atoms with Gasteiger partial charge in [0.2, 0.25) is 0 Å². The van der Waals surface area contributed by atoms with E-state index in [0.29, 0.717) is 11.8 Å². The van der Waals surface area contributed by atoms with Gasteiger partial charge < -0.3 is 0 Å². The van der Waals surface area contributed by atoms with Gasteiger partial charge in [0.25, 0.3) is 0 Å². The fourth-order valence-electron chi connectivity index (χ4n) is 0.821. The summed E-state index contributed by atoms with van der Waals surface area (Å²) in [5, 5.41) is 0.720. The van der Waals surface area contributed by atoms with Crippen LogP contribution in [0.2, 0.25) is 0 Å². The third-order valence-electron chi connectivity index (χ3n) is 1.82. The highest BCUT2D eigenvalue weighted by Crippen LogP contribution is 2.24. The zero-order chi connectivity index (χ0) is 8.85. The van der Waals surface area contributed by atoms with Crippen LogP contribution in [0, 0.1) is 11.8 Å². The molecule has 64 valence electrons. The van der Waals surface area contributed by atoms with E-state index < -0.39 is 0 Å². The second kappa shape index (κ2) is 5.68. The SMILES string of the molecule is C/C=C/C(C)C(C)/C(Cl)=C/Cl. The summed E-state index contributed by atoms with van der Waals surface area (Å²) in [5.74, 6) is 0.757. The van der Waals surface area contributed by atoms with Gasteiger partial charge in [-0.3, -0.25) is 0 Å². The smallest absolute Gasteiger partial charge is 0.0327 e. The van der Waals surface area contributed by atoms with Crippen LogP contribution in [0.1, 0.15) is 20.8 Å². The molecule has 0 heterocycles. The van der Waals surface area contributed by atoms with E-state index in [-0.39, 0.29) is 0 Å². The largest absolute Gasteiger partial charge is 0.0917 e. The van der Waals surface area contributed by atoms with Gasteiger partial charge in [0, 0.05) is 10.6 Å². The Morgan fingerprint density at radius 2 is 1.91 bits per heavy atom. The van der Waals surface area contributed by atoms with E-state index in [2.05, 4.69) is 19.9 Å². The number of hydrogen-bond donors (Lipinski definition) is 0. The molecule has 0 nitrogen and oxygen atoms in total. The van der Waals surface area contributed by atoms with Crippen molar-refractivity contribution < 1.29 is 0 Å². The van der Waals surface area contributed by atoms with Gasteiger partial charge in [-0.05, 0) is 18.8 Å². The second-order valence-electron chi connectivity index (χ2n) is 2.67. The molecule has 0 fully saturated rings. The summed E-state index contributed by atoms with van der Waals surface area (Å²) < 4.78 is 0. The van der Waals surface area contributed by atoms with Crippen molar-refractivity contribution in [2.24, 2.45) is 11.8 Å². The van der Waals surface area contributed by atoms with Crippen molar-refractivity contribution >= 4 is 23.2 Å². The molecule has 0 N–H and O–H groups in total. The molecule has 0 radical (unpaired) electrons. The molecule has 0 amide bonds. The van der Waals surface area contributed by atoms with E-state index in [9.17, 15) is 0 Å². The summed E-state index contributed by atoms with van der Waals surface area (Å²) in [6, 6.07) is 0. The normalized spacial score (nSPS) is 18.8. The van der Waals surface area contributed by atoms with E-state index in [0.717, 1.165) is 5.03 Å². The lowest BCUT2D eigenvalue weighted by atomic mass is 9.96. The van der Waals surface area contributed by atoms with Gasteiger partial charge >= 0.3 is 0 Å². The van der Waals surface area contributed by atoms with E-state index in [4.69, 9.17) is 23.2 Å². The van der Waals surface area contributed by atoms with Crippen molar-refractivity contribution in [2.45, 2.75) is 20.8 Å². The molecule has 0 aromatic rings. The molecule has 2 unspecified atom stereocenters. The predicted molar refractivity (Wildman–Crippen MR) is 52.9 cm³/mol. The van der Waals surface area contributed by atoms with Crippen LogP contribution in [-0.4, -0.2) is 0 Å². The summed E-state index contributed by atoms with van der Waals surface area (Å²) in [6.07, 6.45) is 4.15. The Hall–Kier alpha value is 0.0600. The summed E-state index contributed by atoms with van der Waals surface area (Å²) in [5.41, 5.74) is 1.44. The van der Waals surface area contributed by atoms with E-state index in [1.54, 1.807) is 0 Å². The fourth-order valence-corrected chi connectivity index (χ4v) is 1.22. The lowest BCUT2D eigenvalue weighted by Gasteiger charge is -2.14. The third-order valence-corrected chi connectivity index (χ3v) is 2.62. The van der Waals surface area contributed by atoms with Crippen LogP contribution in [0.4, 0.5) is 0 Å². The molecule has 0 spiro atoms. The lowest BCUT2D eigenvalue weighted by Crippen LogP contribution is -2.04. The van der Waals surface area contributed by atoms with Gasteiger partial charge in [-0.1, -0.05) is 49.2 Å². The standard InChI is InChI=1S/C9H14Cl2/c1-4-5-7(2)8(3)9(11)6-10/h4-8H,1-3H3/b5-4+,9-6-. The number of rotatable bonds is 3. The maximum atomic E-state index is 5.84. The first-order chi connectivity index (χ1) is 5.13. The third kappa shape index (κ3) is 3.83. The predicted octanol–water partition coefficient (Wildman–Crippen LogP) is 4.15. The summed E-state index contributed by atoms with van der Waals surface area (Å²) >= 11 is 11.3. The highest BCUT2D eigenvalue weighted by molar-refractivity contribution is 6.36. The minimum atomic E-state index is 0.311. The first kappa shape index (κ1) is 11.1. The van der Waals surface area contributed by atoms with Gasteiger partial charge in [0.1, 0.15) is 0 Å². The van der Waals surface area contributed by atoms with Gasteiger partial charge in [-0.25, -0.2) is 0 Å². The highest BCUT2D eigenvalue weighted by Gasteiger charge is 2.11. The average molecular weight is 193 g/mol. The maximum Gasteiger partial charge on any atom is 0.0327 e.